The molecule has 0 atom stereocenters. The van der Waals surface area contributed by atoms with Crippen molar-refractivity contribution in [3.05, 3.63) is 39.5 Å². The lowest BCUT2D eigenvalue weighted by molar-refractivity contribution is -0.274. The van der Waals surface area contributed by atoms with E-state index in [1.54, 1.807) is 12.1 Å². The van der Waals surface area contributed by atoms with Gasteiger partial charge in [-0.2, -0.15) is 4.98 Å². The maximum Gasteiger partial charge on any atom is 0.573 e. The summed E-state index contributed by atoms with van der Waals surface area (Å²) in [5.74, 6) is 1.59. The largest absolute Gasteiger partial charge is 0.573 e. The molecule has 2 N–H and O–H groups in total. The summed E-state index contributed by atoms with van der Waals surface area (Å²) in [5, 5.41) is 7.07. The lowest BCUT2D eigenvalue weighted by Gasteiger charge is -2.30. The molecule has 1 aromatic carbocycles. The second-order valence-corrected chi connectivity index (χ2v) is 10.5. The second kappa shape index (κ2) is 14.1. The molecule has 2 aliphatic rings. The lowest BCUT2D eigenvalue weighted by atomic mass is 9.91. The summed E-state index contributed by atoms with van der Waals surface area (Å²) in [5.41, 5.74) is 3.00. The molecule has 2 aromatic rings. The number of hydrogen-bond acceptors (Lipinski definition) is 6. The van der Waals surface area contributed by atoms with Gasteiger partial charge in [-0.05, 0) is 82.0 Å². The van der Waals surface area contributed by atoms with Crippen LogP contribution in [0.5, 0.6) is 5.75 Å². The summed E-state index contributed by atoms with van der Waals surface area (Å²) in [6.45, 7) is 0.596. The Morgan fingerprint density at radius 3 is 2.38 bits per heavy atom. The van der Waals surface area contributed by atoms with Gasteiger partial charge < -0.3 is 20.3 Å². The number of aromatic nitrogens is 2. The fourth-order valence-corrected chi connectivity index (χ4v) is 5.34. The molecule has 0 spiro atoms. The highest BCUT2D eigenvalue weighted by Crippen LogP contribution is 2.31. The van der Waals surface area contributed by atoms with E-state index in [-0.39, 0.29) is 30.6 Å². The van der Waals surface area contributed by atoms with Crippen molar-refractivity contribution in [1.29, 1.82) is 0 Å². The van der Waals surface area contributed by atoms with Gasteiger partial charge in [0.2, 0.25) is 5.95 Å². The molecular weight excluding hydrogens is 594 g/mol. The van der Waals surface area contributed by atoms with Gasteiger partial charge in [-0.3, -0.25) is 0 Å². The first-order valence-corrected chi connectivity index (χ1v) is 13.1. The molecule has 6 nitrogen and oxygen atoms in total. The molecule has 0 bridgehead atoms. The Kier molecular flexibility index (Phi) is 12.1. The number of fused-ring (bicyclic) bond motifs is 1. The zero-order valence-electron chi connectivity index (χ0n) is 21.0. The quantitative estimate of drug-likeness (QED) is 0.349. The molecule has 1 heterocycles. The van der Waals surface area contributed by atoms with E-state index in [1.807, 2.05) is 14.1 Å². The van der Waals surface area contributed by atoms with Crippen molar-refractivity contribution in [2.24, 2.45) is 0 Å². The highest BCUT2D eigenvalue weighted by molar-refractivity contribution is 9.10. The van der Waals surface area contributed by atoms with Crippen molar-refractivity contribution in [3.8, 4) is 5.75 Å². The average molecular weight is 629 g/mol. The summed E-state index contributed by atoms with van der Waals surface area (Å²) in [6.07, 6.45) is 4.17. The van der Waals surface area contributed by atoms with Crippen LogP contribution >= 0.6 is 40.7 Å². The fraction of sp³-hybridized carbons (Fsp3) is 0.600. The standard InChI is InChI=1S/C25H33BrF3N5O.2ClH/c1-34(2)23-20-5-3-4-6-21(20)32-24(33-23)31-19-11-9-18(10-12-19)30-14-13-16-7-8-17(26)15-22(16)35-25(27,28)29;;/h7-8,15,18-19,30H,3-6,9-14H2,1-2H3,(H,31,32,33);2*1H. The number of alkyl halides is 3. The average Bonchev–Trinajstić information content (AvgIpc) is 2.80. The topological polar surface area (TPSA) is 62.3 Å². The fourth-order valence-electron chi connectivity index (χ4n) is 5.00. The van der Waals surface area contributed by atoms with Gasteiger partial charge >= 0.3 is 6.36 Å². The van der Waals surface area contributed by atoms with Crippen molar-refractivity contribution in [3.63, 3.8) is 0 Å². The SMILES string of the molecule is CN(C)c1nc(NC2CCC(NCCc3ccc(Br)cc3OC(F)(F)F)CC2)nc2c1CCCC2.Cl.Cl. The van der Waals surface area contributed by atoms with Gasteiger partial charge in [-0.25, -0.2) is 4.98 Å². The predicted octanol–water partition coefficient (Wildman–Crippen LogP) is 6.48. The molecule has 208 valence electrons. The Morgan fingerprint density at radius 2 is 1.70 bits per heavy atom. The molecule has 1 aromatic heterocycles. The van der Waals surface area contributed by atoms with Gasteiger partial charge in [0.1, 0.15) is 11.6 Å². The monoisotopic (exact) mass is 627 g/mol. The van der Waals surface area contributed by atoms with E-state index in [0.717, 1.165) is 50.3 Å². The highest BCUT2D eigenvalue weighted by Gasteiger charge is 2.32. The van der Waals surface area contributed by atoms with Gasteiger partial charge in [0.25, 0.3) is 0 Å². The third kappa shape index (κ3) is 9.04. The third-order valence-corrected chi connectivity index (χ3v) is 7.22. The van der Waals surface area contributed by atoms with Gasteiger partial charge in [0, 0.05) is 36.2 Å². The Labute approximate surface area is 237 Å². The molecule has 1 fully saturated rings. The molecule has 37 heavy (non-hydrogen) atoms. The minimum atomic E-state index is -4.70. The molecule has 0 radical (unpaired) electrons. The van der Waals surface area contributed by atoms with Crippen LogP contribution in [0.2, 0.25) is 0 Å². The smallest absolute Gasteiger partial charge is 0.405 e. The van der Waals surface area contributed by atoms with Crippen LogP contribution < -0.4 is 20.3 Å². The normalized spacial score (nSPS) is 19.2. The number of nitrogens with zero attached hydrogens (tertiary/aromatic N) is 3. The van der Waals surface area contributed by atoms with Crippen LogP contribution in [-0.2, 0) is 19.3 Å². The molecule has 0 amide bonds. The first-order valence-electron chi connectivity index (χ1n) is 12.3. The van der Waals surface area contributed by atoms with Crippen molar-refractivity contribution in [2.75, 3.05) is 30.9 Å². The molecular formula is C25H35BrCl2F3N5O. The number of nitrogens with one attached hydrogen (secondary N) is 2. The number of aryl methyl sites for hydroxylation is 1. The van der Waals surface area contributed by atoms with E-state index in [0.29, 0.717) is 35.1 Å². The van der Waals surface area contributed by atoms with Crippen LogP contribution in [0.1, 0.15) is 55.3 Å². The van der Waals surface area contributed by atoms with Gasteiger partial charge in [-0.15, -0.1) is 38.0 Å². The zero-order chi connectivity index (χ0) is 25.0. The molecule has 12 heteroatoms. The van der Waals surface area contributed by atoms with E-state index < -0.39 is 6.36 Å². The molecule has 0 aliphatic heterocycles. The van der Waals surface area contributed by atoms with Crippen molar-refractivity contribution in [2.45, 2.75) is 76.2 Å². The Hall–Kier alpha value is -1.49. The minimum absolute atomic E-state index is 0. The number of ether oxygens (including phenoxy) is 1. The Morgan fingerprint density at radius 1 is 1.03 bits per heavy atom. The van der Waals surface area contributed by atoms with E-state index in [4.69, 9.17) is 9.97 Å². The van der Waals surface area contributed by atoms with E-state index in [1.165, 1.54) is 30.2 Å². The summed E-state index contributed by atoms with van der Waals surface area (Å²) in [6, 6.07) is 5.44. The van der Waals surface area contributed by atoms with Gasteiger partial charge in [0.15, 0.2) is 0 Å². The number of hydrogen-bond donors (Lipinski definition) is 2. The van der Waals surface area contributed by atoms with Crippen LogP contribution in [0, 0.1) is 0 Å². The molecule has 2 aliphatic carbocycles. The lowest BCUT2D eigenvalue weighted by Crippen LogP contribution is -2.38. The molecule has 1 saturated carbocycles. The van der Waals surface area contributed by atoms with Crippen molar-refractivity contribution < 1.29 is 17.9 Å². The summed E-state index contributed by atoms with van der Waals surface area (Å²) in [7, 11) is 4.06. The summed E-state index contributed by atoms with van der Waals surface area (Å²) >= 11 is 3.21. The molecule has 0 saturated heterocycles. The second-order valence-electron chi connectivity index (χ2n) is 9.59. The third-order valence-electron chi connectivity index (χ3n) is 6.73. The maximum atomic E-state index is 12.7. The van der Waals surface area contributed by atoms with Crippen LogP contribution in [0.15, 0.2) is 22.7 Å². The van der Waals surface area contributed by atoms with Crippen molar-refractivity contribution >= 4 is 52.5 Å². The van der Waals surface area contributed by atoms with Crippen LogP contribution in [0.25, 0.3) is 0 Å². The molecule has 0 unspecified atom stereocenters. The number of halogens is 6. The summed E-state index contributed by atoms with van der Waals surface area (Å²) < 4.78 is 43.0. The van der Waals surface area contributed by atoms with E-state index in [2.05, 4.69) is 36.2 Å². The zero-order valence-corrected chi connectivity index (χ0v) is 24.3. The van der Waals surface area contributed by atoms with Crippen LogP contribution in [-0.4, -0.2) is 49.1 Å². The number of anilines is 2. The van der Waals surface area contributed by atoms with Crippen molar-refractivity contribution in [1.82, 2.24) is 15.3 Å². The number of benzene rings is 1. The predicted molar refractivity (Wildman–Crippen MR) is 150 cm³/mol. The van der Waals surface area contributed by atoms with Crippen LogP contribution in [0.3, 0.4) is 0 Å². The summed E-state index contributed by atoms with van der Waals surface area (Å²) in [4.78, 5) is 11.7. The minimum Gasteiger partial charge on any atom is -0.405 e. The first-order chi connectivity index (χ1) is 16.7. The first kappa shape index (κ1) is 31.7. The Balaban J connectivity index is 0.00000241. The maximum absolute atomic E-state index is 12.7. The Bertz CT molecular complexity index is 1020. The highest BCUT2D eigenvalue weighted by atomic mass is 79.9. The van der Waals surface area contributed by atoms with Gasteiger partial charge in [-0.1, -0.05) is 22.0 Å². The van der Waals surface area contributed by atoms with E-state index in [9.17, 15) is 13.2 Å². The number of rotatable bonds is 8. The molecule has 4 rings (SSSR count). The van der Waals surface area contributed by atoms with Gasteiger partial charge in [0.05, 0.1) is 5.69 Å². The van der Waals surface area contributed by atoms with E-state index >= 15 is 0 Å². The van der Waals surface area contributed by atoms with Crippen LogP contribution in [0.4, 0.5) is 24.9 Å².